The van der Waals surface area contributed by atoms with E-state index >= 15 is 0 Å². The summed E-state index contributed by atoms with van der Waals surface area (Å²) in [6.07, 6.45) is 4.90. The lowest BCUT2D eigenvalue weighted by atomic mass is 10.0. The van der Waals surface area contributed by atoms with Crippen LogP contribution in [0.4, 0.5) is 11.5 Å². The zero-order valence-electron chi connectivity index (χ0n) is 19.3. The number of carbonyl (C=O) groups excluding carboxylic acids is 1. The quantitative estimate of drug-likeness (QED) is 0.390. The zero-order valence-corrected chi connectivity index (χ0v) is 20.9. The highest BCUT2D eigenvalue weighted by Crippen LogP contribution is 2.39. The fraction of sp³-hybridized carbons (Fsp3) is 0.250. The SMILES string of the molecule is COc1ncc2cc1NS(=O)(=O)c1cccc(c1)C(=O)N[C@H]1CCCN(C1)c1ncnc3cc-2sc13. The lowest BCUT2D eigenvalue weighted by molar-refractivity contribution is 0.0933. The van der Waals surface area contributed by atoms with Gasteiger partial charge in [-0.25, -0.2) is 23.4 Å². The molecule has 1 fully saturated rings. The minimum atomic E-state index is -4.03. The minimum absolute atomic E-state index is 0.0314. The lowest BCUT2D eigenvalue weighted by Gasteiger charge is -2.34. The van der Waals surface area contributed by atoms with Crippen LogP contribution in [0.15, 0.2) is 53.8 Å². The van der Waals surface area contributed by atoms with Crippen molar-refractivity contribution in [2.24, 2.45) is 0 Å². The fourth-order valence-electron chi connectivity index (χ4n) is 4.60. The van der Waals surface area contributed by atoms with Gasteiger partial charge >= 0.3 is 0 Å². The smallest absolute Gasteiger partial charge is 0.262 e. The Morgan fingerprint density at radius 3 is 2.89 bits per heavy atom. The highest BCUT2D eigenvalue weighted by Gasteiger charge is 2.26. The second kappa shape index (κ2) is 8.71. The molecule has 1 amide bonds. The first-order valence-electron chi connectivity index (χ1n) is 11.4. The molecular weight excluding hydrogens is 500 g/mol. The largest absolute Gasteiger partial charge is 0.480 e. The Bertz CT molecular complexity index is 1600. The molecule has 2 aliphatic rings. The van der Waals surface area contributed by atoms with Gasteiger partial charge in [-0.3, -0.25) is 9.52 Å². The molecule has 0 spiro atoms. The monoisotopic (exact) mass is 522 g/mol. The number of hydrogen-bond acceptors (Lipinski definition) is 9. The summed E-state index contributed by atoms with van der Waals surface area (Å²) in [6, 6.07) is 9.51. The molecule has 0 radical (unpaired) electrons. The number of rotatable bonds is 1. The number of ether oxygens (including phenoxy) is 1. The molecule has 8 bridgehead atoms. The Labute approximate surface area is 211 Å². The molecule has 1 saturated heterocycles. The summed E-state index contributed by atoms with van der Waals surface area (Å²) in [5.74, 6) is 0.634. The number of methoxy groups -OCH3 is 1. The van der Waals surface area contributed by atoms with Crippen LogP contribution < -0.4 is 19.7 Å². The average Bonchev–Trinajstić information content (AvgIpc) is 3.33. The van der Waals surface area contributed by atoms with E-state index in [4.69, 9.17) is 4.74 Å². The van der Waals surface area contributed by atoms with E-state index in [1.54, 1.807) is 30.7 Å². The molecule has 10 nitrogen and oxygen atoms in total. The first kappa shape index (κ1) is 22.7. The Morgan fingerprint density at radius 2 is 2.03 bits per heavy atom. The first-order valence-corrected chi connectivity index (χ1v) is 13.7. The van der Waals surface area contributed by atoms with E-state index in [1.807, 2.05) is 6.07 Å². The third-order valence-electron chi connectivity index (χ3n) is 6.33. The molecule has 184 valence electrons. The highest BCUT2D eigenvalue weighted by atomic mass is 32.2. The highest BCUT2D eigenvalue weighted by molar-refractivity contribution is 7.92. The summed E-state index contributed by atoms with van der Waals surface area (Å²) < 4.78 is 35.4. The van der Waals surface area contributed by atoms with E-state index < -0.39 is 10.0 Å². The number of anilines is 2. The Hall–Kier alpha value is -3.77. The van der Waals surface area contributed by atoms with Crippen LogP contribution in [0.2, 0.25) is 0 Å². The summed E-state index contributed by atoms with van der Waals surface area (Å²) in [4.78, 5) is 29.5. The lowest BCUT2D eigenvalue weighted by Crippen LogP contribution is -2.48. The summed E-state index contributed by atoms with van der Waals surface area (Å²) in [5, 5.41) is 3.07. The van der Waals surface area contributed by atoms with E-state index in [1.165, 1.54) is 30.6 Å². The van der Waals surface area contributed by atoms with Gasteiger partial charge in [-0.1, -0.05) is 6.07 Å². The molecular formula is C24H22N6O4S2. The number of aromatic nitrogens is 3. The molecule has 5 heterocycles. The Balaban J connectivity index is 1.54. The predicted molar refractivity (Wildman–Crippen MR) is 137 cm³/mol. The van der Waals surface area contributed by atoms with Crippen LogP contribution in [0.25, 0.3) is 20.7 Å². The van der Waals surface area contributed by atoms with Crippen molar-refractivity contribution in [2.45, 2.75) is 23.8 Å². The van der Waals surface area contributed by atoms with E-state index in [-0.39, 0.29) is 34.0 Å². The summed E-state index contributed by atoms with van der Waals surface area (Å²) in [5.41, 5.74) is 1.97. The van der Waals surface area contributed by atoms with Crippen molar-refractivity contribution in [3.63, 3.8) is 0 Å². The summed E-state index contributed by atoms with van der Waals surface area (Å²) >= 11 is 1.52. The number of nitrogens with one attached hydrogen (secondary N) is 2. The molecule has 3 aromatic heterocycles. The zero-order chi connectivity index (χ0) is 24.9. The maximum absolute atomic E-state index is 13.3. The first-order chi connectivity index (χ1) is 17.4. The van der Waals surface area contributed by atoms with Gasteiger partial charge in [0.25, 0.3) is 15.9 Å². The molecule has 0 aliphatic carbocycles. The van der Waals surface area contributed by atoms with Crippen LogP contribution in [-0.4, -0.2) is 55.5 Å². The third kappa shape index (κ3) is 4.01. The van der Waals surface area contributed by atoms with Crippen LogP contribution in [0.1, 0.15) is 23.2 Å². The maximum atomic E-state index is 13.3. The molecule has 1 aromatic carbocycles. The van der Waals surface area contributed by atoms with Gasteiger partial charge < -0.3 is 15.0 Å². The fourth-order valence-corrected chi connectivity index (χ4v) is 6.80. The number of sulfonamides is 1. The van der Waals surface area contributed by atoms with E-state index in [0.717, 1.165) is 40.3 Å². The van der Waals surface area contributed by atoms with Gasteiger partial charge in [-0.15, -0.1) is 11.3 Å². The van der Waals surface area contributed by atoms with Crippen LogP contribution in [0.3, 0.4) is 0 Å². The molecule has 6 rings (SSSR count). The van der Waals surface area contributed by atoms with Crippen molar-refractivity contribution in [1.29, 1.82) is 0 Å². The molecule has 4 aromatic rings. The van der Waals surface area contributed by atoms with Crippen molar-refractivity contribution in [3.05, 3.63) is 54.5 Å². The van der Waals surface area contributed by atoms with Gasteiger partial charge in [0.15, 0.2) is 0 Å². The van der Waals surface area contributed by atoms with Crippen molar-refractivity contribution in [1.82, 2.24) is 20.3 Å². The second-order valence-electron chi connectivity index (χ2n) is 8.70. The van der Waals surface area contributed by atoms with Crippen molar-refractivity contribution in [2.75, 3.05) is 29.8 Å². The molecule has 12 heteroatoms. The van der Waals surface area contributed by atoms with E-state index in [2.05, 4.69) is 29.9 Å². The van der Waals surface area contributed by atoms with Crippen LogP contribution in [-0.2, 0) is 10.0 Å². The topological polar surface area (TPSA) is 126 Å². The summed E-state index contributed by atoms with van der Waals surface area (Å²) in [6.45, 7) is 1.41. The van der Waals surface area contributed by atoms with Crippen molar-refractivity contribution >= 4 is 49.0 Å². The Morgan fingerprint density at radius 1 is 1.14 bits per heavy atom. The molecule has 2 aliphatic heterocycles. The number of carbonyl (C=O) groups is 1. The average molecular weight is 523 g/mol. The van der Waals surface area contributed by atoms with Gasteiger partial charge in [0.2, 0.25) is 5.88 Å². The minimum Gasteiger partial charge on any atom is -0.480 e. The van der Waals surface area contributed by atoms with E-state index in [0.29, 0.717) is 12.1 Å². The molecule has 1 atom stereocenters. The predicted octanol–water partition coefficient (Wildman–Crippen LogP) is 3.27. The number of fused-ring (bicyclic) bond motifs is 9. The molecule has 0 unspecified atom stereocenters. The molecule has 2 N–H and O–H groups in total. The number of benzene rings is 1. The van der Waals surface area contributed by atoms with Gasteiger partial charge in [0, 0.05) is 41.3 Å². The van der Waals surface area contributed by atoms with Gasteiger partial charge in [-0.2, -0.15) is 0 Å². The maximum Gasteiger partial charge on any atom is 0.262 e. The summed E-state index contributed by atoms with van der Waals surface area (Å²) in [7, 11) is -2.60. The van der Waals surface area contributed by atoms with E-state index in [9.17, 15) is 13.2 Å². The van der Waals surface area contributed by atoms with Gasteiger partial charge in [-0.05, 0) is 43.2 Å². The number of piperidine rings is 1. The third-order valence-corrected chi connectivity index (χ3v) is 8.86. The van der Waals surface area contributed by atoms with Crippen molar-refractivity contribution in [3.8, 4) is 16.3 Å². The van der Waals surface area contributed by atoms with Crippen LogP contribution in [0, 0.1) is 0 Å². The standard InChI is InChI=1S/C24H22N6O4S2/c1-34-24-19-9-15(11-25-24)20-10-18-21(35-20)22(27-13-26-18)30-7-3-5-16(12-30)28-23(31)14-4-2-6-17(8-14)36(32,33)29-19/h2,4,6,8-11,13,16,29H,3,5,7,12H2,1H3,(H,28,31)/t16-/m0/s1. The normalized spacial score (nSPS) is 18.9. The molecule has 36 heavy (non-hydrogen) atoms. The van der Waals surface area contributed by atoms with Crippen LogP contribution >= 0.6 is 11.3 Å². The Kier molecular flexibility index (Phi) is 5.49. The van der Waals surface area contributed by atoms with Gasteiger partial charge in [0.05, 0.1) is 22.2 Å². The number of nitrogens with zero attached hydrogens (tertiary/aromatic N) is 4. The number of hydrogen-bond donors (Lipinski definition) is 2. The number of amides is 1. The number of thiophene rings is 1. The molecule has 0 saturated carbocycles. The van der Waals surface area contributed by atoms with Crippen molar-refractivity contribution < 1.29 is 17.9 Å². The van der Waals surface area contributed by atoms with Gasteiger partial charge in [0.1, 0.15) is 17.8 Å². The van der Waals surface area contributed by atoms with Crippen LogP contribution in [0.5, 0.6) is 5.88 Å². The second-order valence-corrected chi connectivity index (χ2v) is 11.4. The number of pyridine rings is 1.